The average molecular weight is 300 g/mol. The number of hydrogen-bond acceptors (Lipinski definition) is 1. The van der Waals surface area contributed by atoms with E-state index in [9.17, 15) is 4.39 Å². The van der Waals surface area contributed by atoms with Crippen LogP contribution in [0, 0.1) is 5.82 Å². The monoisotopic (exact) mass is 300 g/mol. The summed E-state index contributed by atoms with van der Waals surface area (Å²) in [5.41, 5.74) is 2.58. The van der Waals surface area contributed by atoms with Crippen LogP contribution in [0.2, 0.25) is 0 Å². The number of halogens is 1. The van der Waals surface area contributed by atoms with Crippen LogP contribution in [0.1, 0.15) is 45.6 Å². The Morgan fingerprint density at radius 1 is 1.00 bits per heavy atom. The maximum absolute atomic E-state index is 14.5. The van der Waals surface area contributed by atoms with Crippen LogP contribution in [0.3, 0.4) is 0 Å². The molecule has 0 saturated carbocycles. The predicted octanol–water partition coefficient (Wildman–Crippen LogP) is 6.01. The number of benzene rings is 2. The summed E-state index contributed by atoms with van der Waals surface area (Å²) in [5, 5.41) is 0. The summed E-state index contributed by atoms with van der Waals surface area (Å²) in [5.74, 6) is 0.646. The van der Waals surface area contributed by atoms with Crippen molar-refractivity contribution >= 4 is 0 Å². The van der Waals surface area contributed by atoms with Gasteiger partial charge in [0.2, 0.25) is 0 Å². The second kappa shape index (κ2) is 7.98. The van der Waals surface area contributed by atoms with Gasteiger partial charge in [0.25, 0.3) is 0 Å². The first kappa shape index (κ1) is 16.5. The van der Waals surface area contributed by atoms with Gasteiger partial charge in [-0.15, -0.1) is 0 Å². The van der Waals surface area contributed by atoms with E-state index in [-0.39, 0.29) is 11.9 Å². The Kier molecular flexibility index (Phi) is 6.00. The van der Waals surface area contributed by atoms with Gasteiger partial charge in [0, 0.05) is 11.1 Å². The van der Waals surface area contributed by atoms with Crippen LogP contribution in [0.15, 0.2) is 42.5 Å². The number of hydrogen-bond donors (Lipinski definition) is 0. The highest BCUT2D eigenvalue weighted by atomic mass is 19.1. The van der Waals surface area contributed by atoms with Gasteiger partial charge in [-0.2, -0.15) is 0 Å². The summed E-state index contributed by atoms with van der Waals surface area (Å²) in [6.45, 7) is 6.33. The van der Waals surface area contributed by atoms with Crippen molar-refractivity contribution in [2.45, 2.75) is 52.6 Å². The summed E-state index contributed by atoms with van der Waals surface area (Å²) in [6.07, 6.45) is 4.01. The molecule has 1 unspecified atom stereocenters. The van der Waals surface area contributed by atoms with Crippen molar-refractivity contribution in [3.63, 3.8) is 0 Å². The first-order chi connectivity index (χ1) is 10.7. The summed E-state index contributed by atoms with van der Waals surface area (Å²) < 4.78 is 20.6. The molecule has 1 nitrogen and oxygen atoms in total. The molecule has 0 bridgehead atoms. The quantitative estimate of drug-likeness (QED) is 0.608. The fourth-order valence-corrected chi connectivity index (χ4v) is 2.81. The maximum atomic E-state index is 14.5. The SMILES string of the molecule is CCCc1c(OC(C)CCC)ccc(F)c1-c1ccccc1. The lowest BCUT2D eigenvalue weighted by atomic mass is 9.95. The Bertz CT molecular complexity index is 592. The van der Waals surface area contributed by atoms with Crippen LogP contribution in [-0.2, 0) is 6.42 Å². The number of ether oxygens (including phenoxy) is 1. The lowest BCUT2D eigenvalue weighted by molar-refractivity contribution is 0.207. The molecule has 0 aliphatic rings. The fourth-order valence-electron chi connectivity index (χ4n) is 2.81. The van der Waals surface area contributed by atoms with Crippen molar-refractivity contribution < 1.29 is 9.13 Å². The van der Waals surface area contributed by atoms with E-state index in [1.807, 2.05) is 30.3 Å². The van der Waals surface area contributed by atoms with Crippen molar-refractivity contribution in [3.05, 3.63) is 53.8 Å². The summed E-state index contributed by atoms with van der Waals surface area (Å²) in [4.78, 5) is 0. The highest BCUT2D eigenvalue weighted by Gasteiger charge is 2.17. The van der Waals surface area contributed by atoms with E-state index in [4.69, 9.17) is 4.74 Å². The summed E-state index contributed by atoms with van der Waals surface area (Å²) >= 11 is 0. The van der Waals surface area contributed by atoms with Gasteiger partial charge in [-0.25, -0.2) is 4.39 Å². The van der Waals surface area contributed by atoms with Crippen molar-refractivity contribution in [2.75, 3.05) is 0 Å². The minimum atomic E-state index is -0.176. The zero-order valence-corrected chi connectivity index (χ0v) is 13.7. The molecule has 0 saturated heterocycles. The minimum Gasteiger partial charge on any atom is -0.490 e. The first-order valence-electron chi connectivity index (χ1n) is 8.20. The van der Waals surface area contributed by atoms with E-state index >= 15 is 0 Å². The van der Waals surface area contributed by atoms with E-state index in [1.54, 1.807) is 6.07 Å². The van der Waals surface area contributed by atoms with Crippen molar-refractivity contribution in [3.8, 4) is 16.9 Å². The Balaban J connectivity index is 2.47. The molecule has 118 valence electrons. The van der Waals surface area contributed by atoms with E-state index in [0.29, 0.717) is 5.56 Å². The van der Waals surface area contributed by atoms with Gasteiger partial charge >= 0.3 is 0 Å². The first-order valence-corrected chi connectivity index (χ1v) is 8.20. The van der Waals surface area contributed by atoms with Crippen LogP contribution in [0.5, 0.6) is 5.75 Å². The zero-order valence-electron chi connectivity index (χ0n) is 13.7. The van der Waals surface area contributed by atoms with Crippen LogP contribution in [0.4, 0.5) is 4.39 Å². The second-order valence-corrected chi connectivity index (χ2v) is 5.73. The molecule has 0 aliphatic heterocycles. The van der Waals surface area contributed by atoms with Crippen LogP contribution in [-0.4, -0.2) is 6.10 Å². The lowest BCUT2D eigenvalue weighted by Crippen LogP contribution is -2.13. The summed E-state index contributed by atoms with van der Waals surface area (Å²) in [6, 6.07) is 13.0. The Morgan fingerprint density at radius 3 is 2.36 bits per heavy atom. The van der Waals surface area contributed by atoms with Gasteiger partial charge in [0.15, 0.2) is 0 Å². The molecule has 2 aromatic carbocycles. The molecule has 0 heterocycles. The van der Waals surface area contributed by atoms with Crippen molar-refractivity contribution in [2.24, 2.45) is 0 Å². The molecule has 0 radical (unpaired) electrons. The normalized spacial score (nSPS) is 12.2. The van der Waals surface area contributed by atoms with E-state index in [2.05, 4.69) is 20.8 Å². The molecular weight excluding hydrogens is 275 g/mol. The third-order valence-corrected chi connectivity index (χ3v) is 3.80. The van der Waals surface area contributed by atoms with Gasteiger partial charge in [0.1, 0.15) is 11.6 Å². The molecule has 2 heteroatoms. The van der Waals surface area contributed by atoms with Gasteiger partial charge in [-0.3, -0.25) is 0 Å². The molecule has 0 aromatic heterocycles. The van der Waals surface area contributed by atoms with E-state index in [0.717, 1.165) is 42.6 Å². The molecule has 2 aromatic rings. The Morgan fingerprint density at radius 2 is 1.73 bits per heavy atom. The highest BCUT2D eigenvalue weighted by Crippen LogP contribution is 2.35. The van der Waals surface area contributed by atoms with Crippen LogP contribution in [0.25, 0.3) is 11.1 Å². The molecule has 1 atom stereocenters. The average Bonchev–Trinajstić information content (AvgIpc) is 2.51. The predicted molar refractivity (Wildman–Crippen MR) is 90.8 cm³/mol. The maximum Gasteiger partial charge on any atom is 0.131 e. The van der Waals surface area contributed by atoms with Crippen molar-refractivity contribution in [1.82, 2.24) is 0 Å². The third-order valence-electron chi connectivity index (χ3n) is 3.80. The van der Waals surface area contributed by atoms with E-state index in [1.165, 1.54) is 6.07 Å². The molecule has 0 aliphatic carbocycles. The van der Waals surface area contributed by atoms with Gasteiger partial charge in [-0.05, 0) is 37.5 Å². The zero-order chi connectivity index (χ0) is 15.9. The van der Waals surface area contributed by atoms with Crippen molar-refractivity contribution in [1.29, 1.82) is 0 Å². The Hall–Kier alpha value is -1.83. The standard InChI is InChI=1S/C20H25FO/c1-4-9-15(3)22-19-14-13-18(21)20(17(19)10-5-2)16-11-7-6-8-12-16/h6-8,11-15H,4-5,9-10H2,1-3H3. The van der Waals surface area contributed by atoms with Crippen LogP contribution < -0.4 is 4.74 Å². The topological polar surface area (TPSA) is 9.23 Å². The fraction of sp³-hybridized carbons (Fsp3) is 0.400. The van der Waals surface area contributed by atoms with Crippen LogP contribution >= 0.6 is 0 Å². The third kappa shape index (κ3) is 3.88. The second-order valence-electron chi connectivity index (χ2n) is 5.73. The summed E-state index contributed by atoms with van der Waals surface area (Å²) in [7, 11) is 0. The molecule has 22 heavy (non-hydrogen) atoms. The van der Waals surface area contributed by atoms with Gasteiger partial charge < -0.3 is 4.74 Å². The molecule has 0 spiro atoms. The van der Waals surface area contributed by atoms with Gasteiger partial charge in [0.05, 0.1) is 6.10 Å². The molecular formula is C20H25FO. The molecule has 0 fully saturated rings. The molecule has 0 amide bonds. The highest BCUT2D eigenvalue weighted by molar-refractivity contribution is 5.70. The smallest absolute Gasteiger partial charge is 0.131 e. The Labute approximate surface area is 133 Å². The lowest BCUT2D eigenvalue weighted by Gasteiger charge is -2.20. The molecule has 0 N–H and O–H groups in total. The number of rotatable bonds is 7. The van der Waals surface area contributed by atoms with E-state index < -0.39 is 0 Å². The largest absolute Gasteiger partial charge is 0.490 e. The van der Waals surface area contributed by atoms with Gasteiger partial charge in [-0.1, -0.05) is 57.0 Å². The minimum absolute atomic E-state index is 0.148. The molecule has 2 rings (SSSR count).